The van der Waals surface area contributed by atoms with Crippen molar-refractivity contribution in [3.8, 4) is 17.2 Å². The van der Waals surface area contributed by atoms with Gasteiger partial charge in [-0.05, 0) is 51.4 Å². The molecule has 2 aromatic carbocycles. The highest BCUT2D eigenvalue weighted by Gasteiger charge is 2.26. The number of fused-ring (bicyclic) bond motifs is 1. The standard InChI is InChI=1S/C24H30N2O5S/c1-7-31-24(28)23-18(14-32-15-8-11-20(29-5)21(12-15)30-6)26(4)17-9-10-19(27)16(22(17)23)13-25(2)3/h8-12,27H,7,13-14H2,1-6H3. The number of phenols is 1. The van der Waals surface area contributed by atoms with E-state index in [1.807, 2.05) is 54.9 Å². The van der Waals surface area contributed by atoms with Crippen LogP contribution in [0.25, 0.3) is 10.9 Å². The average molecular weight is 459 g/mol. The third-order valence-electron chi connectivity index (χ3n) is 5.26. The van der Waals surface area contributed by atoms with E-state index in [-0.39, 0.29) is 18.3 Å². The Morgan fingerprint density at radius 3 is 2.47 bits per heavy atom. The Bertz CT molecular complexity index is 1120. The molecule has 0 amide bonds. The highest BCUT2D eigenvalue weighted by molar-refractivity contribution is 7.98. The molecule has 0 bridgehead atoms. The predicted molar refractivity (Wildman–Crippen MR) is 127 cm³/mol. The minimum atomic E-state index is -0.383. The lowest BCUT2D eigenvalue weighted by Crippen LogP contribution is -2.13. The van der Waals surface area contributed by atoms with E-state index in [4.69, 9.17) is 14.2 Å². The third-order valence-corrected chi connectivity index (χ3v) is 6.26. The topological polar surface area (TPSA) is 73.2 Å². The van der Waals surface area contributed by atoms with Crippen LogP contribution in [0.4, 0.5) is 0 Å². The molecule has 8 heteroatoms. The summed E-state index contributed by atoms with van der Waals surface area (Å²) in [6.45, 7) is 2.57. The number of nitrogens with zero attached hydrogens (tertiary/aromatic N) is 2. The van der Waals surface area contributed by atoms with Gasteiger partial charge in [0.25, 0.3) is 0 Å². The summed E-state index contributed by atoms with van der Waals surface area (Å²) < 4.78 is 18.2. The van der Waals surface area contributed by atoms with Gasteiger partial charge in [0.2, 0.25) is 0 Å². The number of hydrogen-bond donors (Lipinski definition) is 1. The van der Waals surface area contributed by atoms with Crippen LogP contribution in [0.3, 0.4) is 0 Å². The van der Waals surface area contributed by atoms with Crippen LogP contribution in [-0.4, -0.2) is 55.5 Å². The Labute approximate surface area is 192 Å². The van der Waals surface area contributed by atoms with E-state index in [0.717, 1.165) is 21.5 Å². The lowest BCUT2D eigenvalue weighted by atomic mass is 10.0. The number of rotatable bonds is 9. The van der Waals surface area contributed by atoms with Crippen LogP contribution in [0.2, 0.25) is 0 Å². The van der Waals surface area contributed by atoms with Gasteiger partial charge in [0.1, 0.15) is 5.75 Å². The number of aromatic nitrogens is 1. The summed E-state index contributed by atoms with van der Waals surface area (Å²) in [4.78, 5) is 16.0. The maximum atomic E-state index is 13.1. The summed E-state index contributed by atoms with van der Waals surface area (Å²) >= 11 is 1.59. The molecule has 3 rings (SSSR count). The number of aryl methyl sites for hydroxylation is 1. The van der Waals surface area contributed by atoms with Gasteiger partial charge in [-0.15, -0.1) is 11.8 Å². The van der Waals surface area contributed by atoms with Gasteiger partial charge in [-0.1, -0.05) is 0 Å². The fourth-order valence-electron chi connectivity index (χ4n) is 3.77. The summed E-state index contributed by atoms with van der Waals surface area (Å²) in [5, 5.41) is 11.3. The van der Waals surface area contributed by atoms with Gasteiger partial charge in [0.15, 0.2) is 11.5 Å². The quantitative estimate of drug-likeness (QED) is 0.376. The van der Waals surface area contributed by atoms with E-state index in [9.17, 15) is 9.90 Å². The van der Waals surface area contributed by atoms with Gasteiger partial charge in [0, 0.05) is 46.4 Å². The fraction of sp³-hybridized carbons (Fsp3) is 0.375. The van der Waals surface area contributed by atoms with Crippen LogP contribution < -0.4 is 9.47 Å². The van der Waals surface area contributed by atoms with Crippen molar-refractivity contribution < 1.29 is 24.1 Å². The average Bonchev–Trinajstić information content (AvgIpc) is 3.05. The van der Waals surface area contributed by atoms with E-state index >= 15 is 0 Å². The minimum absolute atomic E-state index is 0.168. The number of carbonyl (C=O) groups is 1. The molecule has 32 heavy (non-hydrogen) atoms. The second-order valence-corrected chi connectivity index (χ2v) is 8.65. The lowest BCUT2D eigenvalue weighted by molar-refractivity contribution is 0.0527. The first kappa shape index (κ1) is 23.8. The van der Waals surface area contributed by atoms with Crippen molar-refractivity contribution in [2.75, 3.05) is 34.9 Å². The van der Waals surface area contributed by atoms with E-state index in [1.54, 1.807) is 39.0 Å². The number of carbonyl (C=O) groups excluding carboxylic acids is 1. The van der Waals surface area contributed by atoms with Gasteiger partial charge in [-0.25, -0.2) is 4.79 Å². The number of methoxy groups -OCH3 is 2. The maximum absolute atomic E-state index is 13.1. The molecule has 1 aromatic heterocycles. The van der Waals surface area contributed by atoms with Crippen LogP contribution in [0.5, 0.6) is 17.2 Å². The number of ether oxygens (including phenoxy) is 3. The molecule has 1 N–H and O–H groups in total. The van der Waals surface area contributed by atoms with Gasteiger partial charge in [-0.2, -0.15) is 0 Å². The largest absolute Gasteiger partial charge is 0.508 e. The van der Waals surface area contributed by atoms with E-state index in [1.165, 1.54) is 0 Å². The number of esters is 1. The first-order chi connectivity index (χ1) is 15.3. The molecular formula is C24H30N2O5S. The number of phenolic OH excluding ortho intramolecular Hbond substituents is 1. The number of hydrogen-bond acceptors (Lipinski definition) is 7. The Morgan fingerprint density at radius 1 is 1.12 bits per heavy atom. The lowest BCUT2D eigenvalue weighted by Gasteiger charge is -2.14. The number of aromatic hydroxyl groups is 1. The van der Waals surface area contributed by atoms with Gasteiger partial charge in [-0.3, -0.25) is 0 Å². The van der Waals surface area contributed by atoms with Gasteiger partial charge >= 0.3 is 5.97 Å². The Balaban J connectivity index is 2.10. The van der Waals surface area contributed by atoms with Crippen LogP contribution in [0.1, 0.15) is 28.5 Å². The van der Waals surface area contributed by atoms with Gasteiger partial charge in [0.05, 0.1) is 26.4 Å². The van der Waals surface area contributed by atoms with Crippen molar-refractivity contribution in [3.05, 3.63) is 47.2 Å². The van der Waals surface area contributed by atoms with Crippen molar-refractivity contribution in [2.24, 2.45) is 7.05 Å². The molecule has 0 unspecified atom stereocenters. The van der Waals surface area contributed by atoms with E-state index in [0.29, 0.717) is 34.9 Å². The zero-order chi connectivity index (χ0) is 23.4. The molecule has 3 aromatic rings. The second kappa shape index (κ2) is 10.2. The van der Waals surface area contributed by atoms with Crippen LogP contribution in [0.15, 0.2) is 35.2 Å². The molecule has 0 saturated heterocycles. The zero-order valence-electron chi connectivity index (χ0n) is 19.4. The zero-order valence-corrected chi connectivity index (χ0v) is 20.2. The molecule has 0 fully saturated rings. The number of benzene rings is 2. The molecular weight excluding hydrogens is 428 g/mol. The molecule has 0 atom stereocenters. The molecule has 172 valence electrons. The first-order valence-corrected chi connectivity index (χ1v) is 11.3. The molecule has 0 aliphatic heterocycles. The van der Waals surface area contributed by atoms with Gasteiger partial charge < -0.3 is 28.8 Å². The van der Waals surface area contributed by atoms with Crippen molar-refractivity contribution in [2.45, 2.75) is 24.1 Å². The summed E-state index contributed by atoms with van der Waals surface area (Å²) in [5.74, 6) is 1.64. The molecule has 7 nitrogen and oxygen atoms in total. The Morgan fingerprint density at radius 2 is 1.84 bits per heavy atom. The highest BCUT2D eigenvalue weighted by atomic mass is 32.2. The Kier molecular flexibility index (Phi) is 7.58. The molecule has 0 spiro atoms. The summed E-state index contributed by atoms with van der Waals surface area (Å²) in [6, 6.07) is 9.27. The van der Waals surface area contributed by atoms with E-state index in [2.05, 4.69) is 0 Å². The highest BCUT2D eigenvalue weighted by Crippen LogP contribution is 2.38. The van der Waals surface area contributed by atoms with Crippen LogP contribution >= 0.6 is 11.8 Å². The summed E-state index contributed by atoms with van der Waals surface area (Å²) in [5.41, 5.74) is 2.94. The predicted octanol–water partition coefficient (Wildman–Crippen LogP) is 4.43. The molecule has 1 heterocycles. The molecule has 0 saturated carbocycles. The summed E-state index contributed by atoms with van der Waals surface area (Å²) in [7, 11) is 9.00. The molecule has 0 aliphatic carbocycles. The second-order valence-electron chi connectivity index (χ2n) is 7.60. The van der Waals surface area contributed by atoms with Crippen molar-refractivity contribution in [1.82, 2.24) is 9.47 Å². The third kappa shape index (κ3) is 4.66. The number of thioether (sulfide) groups is 1. The van der Waals surface area contributed by atoms with Crippen molar-refractivity contribution in [1.29, 1.82) is 0 Å². The fourth-order valence-corrected chi connectivity index (χ4v) is 4.76. The van der Waals surface area contributed by atoms with Crippen LogP contribution in [-0.2, 0) is 24.1 Å². The Hall–Kier alpha value is -2.84. The first-order valence-electron chi connectivity index (χ1n) is 10.3. The minimum Gasteiger partial charge on any atom is -0.508 e. The maximum Gasteiger partial charge on any atom is 0.340 e. The molecule has 0 aliphatic rings. The smallest absolute Gasteiger partial charge is 0.340 e. The normalized spacial score (nSPS) is 11.2. The SMILES string of the molecule is CCOC(=O)c1c(CSc2ccc(OC)c(OC)c2)n(C)c2ccc(O)c(CN(C)C)c12. The van der Waals surface area contributed by atoms with Crippen LogP contribution in [0, 0.1) is 0 Å². The van der Waals surface area contributed by atoms with Crippen molar-refractivity contribution >= 4 is 28.6 Å². The van der Waals surface area contributed by atoms with Crippen molar-refractivity contribution in [3.63, 3.8) is 0 Å². The van der Waals surface area contributed by atoms with E-state index < -0.39 is 0 Å². The molecule has 0 radical (unpaired) electrons. The summed E-state index contributed by atoms with van der Waals surface area (Å²) in [6.07, 6.45) is 0. The monoisotopic (exact) mass is 458 g/mol.